The second-order valence-electron chi connectivity index (χ2n) is 6.26. The maximum absolute atomic E-state index is 12.5. The van der Waals surface area contributed by atoms with Crippen molar-refractivity contribution >= 4 is 12.0 Å². The molecule has 2 fully saturated rings. The van der Waals surface area contributed by atoms with Gasteiger partial charge in [-0.2, -0.15) is 0 Å². The number of hydrogen-bond acceptors (Lipinski definition) is 6. The van der Waals surface area contributed by atoms with Crippen LogP contribution in [-0.2, 0) is 11.2 Å². The van der Waals surface area contributed by atoms with E-state index in [9.17, 15) is 14.4 Å². The van der Waals surface area contributed by atoms with Crippen LogP contribution in [0.2, 0.25) is 0 Å². The van der Waals surface area contributed by atoms with Gasteiger partial charge >= 0.3 is 6.09 Å². The van der Waals surface area contributed by atoms with Crippen molar-refractivity contribution in [2.75, 3.05) is 19.6 Å². The summed E-state index contributed by atoms with van der Waals surface area (Å²) in [7, 11) is 0. The number of carbonyl (C=O) groups excluding carboxylic acids is 2. The number of aromatic nitrogens is 3. The summed E-state index contributed by atoms with van der Waals surface area (Å²) in [5.41, 5.74) is 0.692. The van der Waals surface area contributed by atoms with Crippen molar-refractivity contribution in [3.63, 3.8) is 0 Å². The summed E-state index contributed by atoms with van der Waals surface area (Å²) >= 11 is 0. The number of fused-ring (bicyclic) bond motifs is 1. The first-order valence-electron chi connectivity index (χ1n) is 8.33. The maximum Gasteiger partial charge on any atom is 0.410 e. The largest absolute Gasteiger partial charge is 0.442 e. The second-order valence-corrected chi connectivity index (χ2v) is 6.26. The number of ether oxygens (including phenoxy) is 1. The van der Waals surface area contributed by atoms with Gasteiger partial charge in [-0.05, 0) is 12.1 Å². The van der Waals surface area contributed by atoms with Crippen LogP contribution in [0, 0.1) is 0 Å². The van der Waals surface area contributed by atoms with E-state index >= 15 is 0 Å². The van der Waals surface area contributed by atoms with Crippen LogP contribution in [0.1, 0.15) is 16.2 Å². The highest BCUT2D eigenvalue weighted by molar-refractivity contribution is 5.92. The van der Waals surface area contributed by atoms with E-state index in [0.717, 1.165) is 11.9 Å². The Bertz CT molecular complexity index is 864. The van der Waals surface area contributed by atoms with Crippen LogP contribution in [0.15, 0.2) is 41.6 Å². The molecule has 2 aliphatic rings. The normalized spacial score (nSPS) is 21.6. The third kappa shape index (κ3) is 3.03. The number of carbonyl (C=O) groups is 2. The molecule has 4 rings (SSSR count). The zero-order valence-corrected chi connectivity index (χ0v) is 13.9. The minimum Gasteiger partial charge on any atom is -0.442 e. The molecule has 2 saturated heterocycles. The third-order valence-corrected chi connectivity index (χ3v) is 4.64. The Morgan fingerprint density at radius 2 is 2.15 bits per heavy atom. The highest BCUT2D eigenvalue weighted by Crippen LogP contribution is 2.27. The van der Waals surface area contributed by atoms with Crippen LogP contribution in [-0.4, -0.2) is 68.5 Å². The molecule has 0 aliphatic carbocycles. The molecule has 26 heavy (non-hydrogen) atoms. The smallest absolute Gasteiger partial charge is 0.410 e. The molecule has 0 spiro atoms. The molecule has 2 aromatic rings. The van der Waals surface area contributed by atoms with Crippen LogP contribution >= 0.6 is 0 Å². The number of nitrogens with zero attached hydrogens (tertiary/aromatic N) is 4. The van der Waals surface area contributed by atoms with E-state index in [0.29, 0.717) is 26.1 Å². The fourth-order valence-corrected chi connectivity index (χ4v) is 3.33. The summed E-state index contributed by atoms with van der Waals surface area (Å²) in [6, 6.07) is 5.47. The zero-order chi connectivity index (χ0) is 18.1. The Morgan fingerprint density at radius 1 is 1.27 bits per heavy atom. The van der Waals surface area contributed by atoms with Crippen LogP contribution in [0.25, 0.3) is 0 Å². The highest BCUT2D eigenvalue weighted by Gasteiger charge is 2.48. The SMILES string of the molecule is O=C(c1c[nH]c(=O)cn1)N1C[C@@H]2OC(=O)N(CCc3ccccn3)[C@@H]2C1. The Kier molecular flexibility index (Phi) is 4.11. The summed E-state index contributed by atoms with van der Waals surface area (Å²) in [5, 5.41) is 0. The quantitative estimate of drug-likeness (QED) is 0.830. The first-order valence-corrected chi connectivity index (χ1v) is 8.33. The second kappa shape index (κ2) is 6.58. The lowest BCUT2D eigenvalue weighted by atomic mass is 10.2. The molecule has 2 atom stereocenters. The number of rotatable bonds is 4. The summed E-state index contributed by atoms with van der Waals surface area (Å²) in [6.45, 7) is 1.17. The van der Waals surface area contributed by atoms with Gasteiger partial charge in [0.15, 0.2) is 0 Å². The van der Waals surface area contributed by atoms with Crippen molar-refractivity contribution in [3.8, 4) is 0 Å². The number of nitrogens with one attached hydrogen (secondary N) is 1. The predicted octanol–water partition coefficient (Wildman–Crippen LogP) is 0.0528. The lowest BCUT2D eigenvalue weighted by molar-refractivity contribution is 0.0722. The number of likely N-dealkylation sites (tertiary alicyclic amines) is 1. The van der Waals surface area contributed by atoms with Gasteiger partial charge in [-0.1, -0.05) is 6.07 Å². The molecule has 0 bridgehead atoms. The summed E-state index contributed by atoms with van der Waals surface area (Å²) in [4.78, 5) is 49.5. The highest BCUT2D eigenvalue weighted by atomic mass is 16.6. The molecule has 0 aromatic carbocycles. The van der Waals surface area contributed by atoms with Gasteiger partial charge in [0.05, 0.1) is 18.8 Å². The van der Waals surface area contributed by atoms with E-state index in [4.69, 9.17) is 4.74 Å². The molecule has 134 valence electrons. The monoisotopic (exact) mass is 355 g/mol. The maximum atomic E-state index is 12.5. The number of H-pyrrole nitrogens is 1. The average molecular weight is 355 g/mol. The molecule has 2 amide bonds. The summed E-state index contributed by atoms with van der Waals surface area (Å²) < 4.78 is 5.42. The first-order chi connectivity index (χ1) is 12.6. The van der Waals surface area contributed by atoms with Crippen molar-refractivity contribution in [2.45, 2.75) is 18.6 Å². The summed E-state index contributed by atoms with van der Waals surface area (Å²) in [5.74, 6) is -0.295. The molecular weight excluding hydrogens is 338 g/mol. The molecular formula is C17H17N5O4. The van der Waals surface area contributed by atoms with E-state index in [2.05, 4.69) is 15.0 Å². The van der Waals surface area contributed by atoms with E-state index in [1.807, 2.05) is 18.2 Å². The lowest BCUT2D eigenvalue weighted by Gasteiger charge is -2.22. The summed E-state index contributed by atoms with van der Waals surface area (Å²) in [6.07, 6.45) is 4.00. The van der Waals surface area contributed by atoms with Gasteiger partial charge in [-0.25, -0.2) is 9.78 Å². The minimum absolute atomic E-state index is 0.163. The fraction of sp³-hybridized carbons (Fsp3) is 0.353. The van der Waals surface area contributed by atoms with Crippen LogP contribution in [0.4, 0.5) is 4.79 Å². The topological polar surface area (TPSA) is 108 Å². The van der Waals surface area contributed by atoms with Crippen LogP contribution in [0.5, 0.6) is 0 Å². The molecule has 9 nitrogen and oxygen atoms in total. The fourth-order valence-electron chi connectivity index (χ4n) is 3.33. The number of hydrogen-bond donors (Lipinski definition) is 1. The van der Waals surface area contributed by atoms with Gasteiger partial charge in [0.2, 0.25) is 0 Å². The third-order valence-electron chi connectivity index (χ3n) is 4.64. The Morgan fingerprint density at radius 3 is 2.88 bits per heavy atom. The van der Waals surface area contributed by atoms with Crippen molar-refractivity contribution < 1.29 is 14.3 Å². The van der Waals surface area contributed by atoms with Crippen LogP contribution < -0.4 is 5.56 Å². The zero-order valence-electron chi connectivity index (χ0n) is 13.9. The van der Waals surface area contributed by atoms with E-state index in [1.54, 1.807) is 16.0 Å². The van der Waals surface area contributed by atoms with Crippen molar-refractivity contribution in [2.24, 2.45) is 0 Å². The van der Waals surface area contributed by atoms with Gasteiger partial charge in [0, 0.05) is 37.6 Å². The predicted molar refractivity (Wildman–Crippen MR) is 89.5 cm³/mol. The molecule has 4 heterocycles. The minimum atomic E-state index is -0.366. The van der Waals surface area contributed by atoms with Crippen molar-refractivity contribution in [3.05, 3.63) is 58.5 Å². The lowest BCUT2D eigenvalue weighted by Crippen LogP contribution is -2.40. The standard InChI is InChI=1S/C17H17N5O4/c23-15-8-19-12(7-20-15)16(24)21-9-13-14(10-21)26-17(25)22(13)6-4-11-3-1-2-5-18-11/h1-3,5,7-8,13-14H,4,6,9-10H2,(H,20,23)/t13-,14+/m1/s1. The van der Waals surface area contributed by atoms with Gasteiger partial charge in [-0.3, -0.25) is 19.5 Å². The van der Waals surface area contributed by atoms with Crippen molar-refractivity contribution in [1.29, 1.82) is 0 Å². The average Bonchev–Trinajstić information content (AvgIpc) is 3.18. The molecule has 2 aromatic heterocycles. The van der Waals surface area contributed by atoms with E-state index < -0.39 is 0 Å². The molecule has 0 saturated carbocycles. The molecule has 2 aliphatic heterocycles. The molecule has 9 heteroatoms. The Labute approximate surface area is 148 Å². The van der Waals surface area contributed by atoms with E-state index in [1.165, 1.54) is 6.20 Å². The van der Waals surface area contributed by atoms with Gasteiger partial charge in [-0.15, -0.1) is 0 Å². The first kappa shape index (κ1) is 16.2. The Hall–Kier alpha value is -3.23. The number of amides is 2. The molecule has 0 unspecified atom stereocenters. The van der Waals surface area contributed by atoms with Gasteiger partial charge in [0.1, 0.15) is 11.8 Å². The van der Waals surface area contributed by atoms with Crippen LogP contribution in [0.3, 0.4) is 0 Å². The Balaban J connectivity index is 1.43. The molecule has 0 radical (unpaired) electrons. The molecule has 1 N–H and O–H groups in total. The van der Waals surface area contributed by atoms with Crippen molar-refractivity contribution in [1.82, 2.24) is 24.8 Å². The number of aromatic amines is 1. The number of pyridine rings is 1. The van der Waals surface area contributed by atoms with Gasteiger partial charge in [0.25, 0.3) is 11.5 Å². The van der Waals surface area contributed by atoms with E-state index in [-0.39, 0.29) is 35.4 Å². The van der Waals surface area contributed by atoms with Gasteiger partial charge < -0.3 is 14.6 Å².